The molecule has 1 N–H and O–H groups in total. The Bertz CT molecular complexity index is 1330. The van der Waals surface area contributed by atoms with E-state index < -0.39 is 21.9 Å². The highest BCUT2D eigenvalue weighted by molar-refractivity contribution is 7.89. The van der Waals surface area contributed by atoms with E-state index in [0.717, 1.165) is 28.8 Å². The van der Waals surface area contributed by atoms with Gasteiger partial charge >= 0.3 is 0 Å². The number of ether oxygens (including phenoxy) is 2. The predicted molar refractivity (Wildman–Crippen MR) is 122 cm³/mol. The molecule has 1 atom stereocenters. The monoisotopic (exact) mass is 482 g/mol. The zero-order valence-electron chi connectivity index (χ0n) is 18.2. The Balaban J connectivity index is 1.37. The van der Waals surface area contributed by atoms with Crippen LogP contribution < -0.4 is 14.8 Å². The van der Waals surface area contributed by atoms with Crippen LogP contribution >= 0.6 is 0 Å². The van der Waals surface area contributed by atoms with Gasteiger partial charge in [-0.25, -0.2) is 12.8 Å². The van der Waals surface area contributed by atoms with Crippen LogP contribution in [0.25, 0.3) is 0 Å². The third kappa shape index (κ3) is 4.36. The molecule has 0 unspecified atom stereocenters. The maximum Gasteiger partial charge on any atom is 0.243 e. The van der Waals surface area contributed by atoms with E-state index in [0.29, 0.717) is 17.9 Å². The highest BCUT2D eigenvalue weighted by Gasteiger charge is 2.37. The molecule has 7 nitrogen and oxygen atoms in total. The Kier molecular flexibility index (Phi) is 5.97. The number of carbonyl (C=O) groups excluding carboxylic acids is 1. The molecule has 34 heavy (non-hydrogen) atoms. The molecule has 2 heterocycles. The average molecular weight is 483 g/mol. The first kappa shape index (κ1) is 22.4. The standard InChI is InChI=1S/C25H23FN2O5S/c26-19-6-8-20(9-7-19)34(30,31)28-12-11-18-3-1-2-4-21(18)22(28)14-25(29)27-15-17-5-10-23-24(13-17)33-16-32-23/h1-10,13,22H,11-12,14-16H2,(H,27,29)/t22-/m0/s1. The summed E-state index contributed by atoms with van der Waals surface area (Å²) in [5, 5.41) is 2.88. The molecule has 0 aromatic heterocycles. The number of hydrogen-bond acceptors (Lipinski definition) is 5. The summed E-state index contributed by atoms with van der Waals surface area (Å²) in [6.45, 7) is 0.677. The van der Waals surface area contributed by atoms with Crippen molar-refractivity contribution >= 4 is 15.9 Å². The second kappa shape index (κ2) is 9.08. The van der Waals surface area contributed by atoms with Gasteiger partial charge in [0.1, 0.15) is 5.82 Å². The van der Waals surface area contributed by atoms with Crippen LogP contribution in [0, 0.1) is 5.82 Å². The number of benzene rings is 3. The van der Waals surface area contributed by atoms with Crippen LogP contribution in [-0.4, -0.2) is 32.0 Å². The summed E-state index contributed by atoms with van der Waals surface area (Å²) in [5.74, 6) is 0.501. The van der Waals surface area contributed by atoms with Gasteiger partial charge in [0.25, 0.3) is 0 Å². The number of nitrogens with one attached hydrogen (secondary N) is 1. The van der Waals surface area contributed by atoms with Crippen molar-refractivity contribution in [1.82, 2.24) is 9.62 Å². The molecule has 0 spiro atoms. The Morgan fingerprint density at radius 3 is 2.62 bits per heavy atom. The summed E-state index contributed by atoms with van der Waals surface area (Å²) >= 11 is 0. The molecule has 5 rings (SSSR count). The minimum Gasteiger partial charge on any atom is -0.454 e. The van der Waals surface area contributed by atoms with Crippen LogP contribution in [0.3, 0.4) is 0 Å². The van der Waals surface area contributed by atoms with Gasteiger partial charge in [0.2, 0.25) is 22.7 Å². The van der Waals surface area contributed by atoms with Gasteiger partial charge in [0, 0.05) is 19.5 Å². The summed E-state index contributed by atoms with van der Waals surface area (Å²) < 4.78 is 52.3. The van der Waals surface area contributed by atoms with Crippen molar-refractivity contribution < 1.29 is 27.1 Å². The SMILES string of the molecule is O=C(C[C@H]1c2ccccc2CCN1S(=O)(=O)c1ccc(F)cc1)NCc1ccc2c(c1)OCO2. The van der Waals surface area contributed by atoms with E-state index in [1.165, 1.54) is 16.4 Å². The average Bonchev–Trinajstić information content (AvgIpc) is 3.31. The van der Waals surface area contributed by atoms with Crippen molar-refractivity contribution in [2.24, 2.45) is 0 Å². The number of hydrogen-bond donors (Lipinski definition) is 1. The zero-order valence-corrected chi connectivity index (χ0v) is 19.1. The fourth-order valence-electron chi connectivity index (χ4n) is 4.37. The van der Waals surface area contributed by atoms with Crippen molar-refractivity contribution in [2.45, 2.75) is 30.3 Å². The largest absolute Gasteiger partial charge is 0.454 e. The summed E-state index contributed by atoms with van der Waals surface area (Å²) in [6, 6.07) is 17.1. The molecule has 2 aliphatic rings. The molecule has 0 aliphatic carbocycles. The lowest BCUT2D eigenvalue weighted by Gasteiger charge is -2.36. The van der Waals surface area contributed by atoms with Gasteiger partial charge in [-0.15, -0.1) is 0 Å². The van der Waals surface area contributed by atoms with Crippen LogP contribution in [0.5, 0.6) is 11.5 Å². The fourth-order valence-corrected chi connectivity index (χ4v) is 5.97. The summed E-state index contributed by atoms with van der Waals surface area (Å²) in [4.78, 5) is 12.9. The minimum absolute atomic E-state index is 0.000880. The summed E-state index contributed by atoms with van der Waals surface area (Å²) in [6.07, 6.45) is 0.494. The first-order valence-electron chi connectivity index (χ1n) is 10.9. The fraction of sp³-hybridized carbons (Fsp3) is 0.240. The second-order valence-corrected chi connectivity index (χ2v) is 10.1. The summed E-state index contributed by atoms with van der Waals surface area (Å²) in [7, 11) is -3.93. The third-order valence-corrected chi connectivity index (χ3v) is 8.01. The van der Waals surface area contributed by atoms with E-state index in [-0.39, 0.29) is 37.1 Å². The molecule has 3 aromatic rings. The van der Waals surface area contributed by atoms with Crippen LogP contribution in [0.15, 0.2) is 71.6 Å². The van der Waals surface area contributed by atoms with Gasteiger partial charge in [-0.2, -0.15) is 4.31 Å². The lowest BCUT2D eigenvalue weighted by Crippen LogP contribution is -2.42. The quantitative estimate of drug-likeness (QED) is 0.581. The van der Waals surface area contributed by atoms with E-state index >= 15 is 0 Å². The lowest BCUT2D eigenvalue weighted by molar-refractivity contribution is -0.122. The third-order valence-electron chi connectivity index (χ3n) is 6.09. The van der Waals surface area contributed by atoms with Gasteiger partial charge in [0.15, 0.2) is 11.5 Å². The Labute approximate surface area is 197 Å². The molecule has 9 heteroatoms. The first-order chi connectivity index (χ1) is 16.4. The number of fused-ring (bicyclic) bond motifs is 2. The van der Waals surface area contributed by atoms with Crippen molar-refractivity contribution in [3.8, 4) is 11.5 Å². The maximum atomic E-state index is 13.4. The molecule has 0 saturated carbocycles. The van der Waals surface area contributed by atoms with Gasteiger partial charge in [-0.05, 0) is 59.5 Å². The molecule has 0 saturated heterocycles. The van der Waals surface area contributed by atoms with Crippen LogP contribution in [0.4, 0.5) is 4.39 Å². The van der Waals surface area contributed by atoms with Gasteiger partial charge in [-0.1, -0.05) is 30.3 Å². The molecule has 0 radical (unpaired) electrons. The van der Waals surface area contributed by atoms with Gasteiger partial charge in [0.05, 0.1) is 10.9 Å². The highest BCUT2D eigenvalue weighted by atomic mass is 32.2. The molecule has 0 fully saturated rings. The van der Waals surface area contributed by atoms with E-state index in [1.807, 2.05) is 36.4 Å². The number of halogens is 1. The number of nitrogens with zero attached hydrogens (tertiary/aromatic N) is 1. The Morgan fingerprint density at radius 1 is 1.03 bits per heavy atom. The van der Waals surface area contributed by atoms with Gasteiger partial charge < -0.3 is 14.8 Å². The van der Waals surface area contributed by atoms with Gasteiger partial charge in [-0.3, -0.25) is 4.79 Å². The number of rotatable bonds is 6. The maximum absolute atomic E-state index is 13.4. The molecular formula is C25H23FN2O5S. The predicted octanol–water partition coefficient (Wildman–Crippen LogP) is 3.55. The van der Waals surface area contributed by atoms with Crippen LogP contribution in [0.2, 0.25) is 0 Å². The van der Waals surface area contributed by atoms with Crippen LogP contribution in [-0.2, 0) is 27.8 Å². The van der Waals surface area contributed by atoms with Crippen molar-refractivity contribution in [3.05, 3.63) is 89.2 Å². The van der Waals surface area contributed by atoms with Crippen molar-refractivity contribution in [3.63, 3.8) is 0 Å². The van der Waals surface area contributed by atoms with Crippen molar-refractivity contribution in [2.75, 3.05) is 13.3 Å². The lowest BCUT2D eigenvalue weighted by atomic mass is 9.92. The molecule has 2 aliphatic heterocycles. The van der Waals surface area contributed by atoms with E-state index in [1.54, 1.807) is 6.07 Å². The molecule has 1 amide bonds. The Morgan fingerprint density at radius 2 is 1.79 bits per heavy atom. The molecule has 176 valence electrons. The molecule has 0 bridgehead atoms. The molecule has 3 aromatic carbocycles. The highest BCUT2D eigenvalue weighted by Crippen LogP contribution is 2.36. The normalized spacial score (nSPS) is 17.3. The summed E-state index contributed by atoms with van der Waals surface area (Å²) in [5.41, 5.74) is 2.66. The molecular weight excluding hydrogens is 459 g/mol. The number of amides is 1. The zero-order chi connectivity index (χ0) is 23.7. The van der Waals surface area contributed by atoms with E-state index in [9.17, 15) is 17.6 Å². The number of sulfonamides is 1. The van der Waals surface area contributed by atoms with E-state index in [4.69, 9.17) is 9.47 Å². The van der Waals surface area contributed by atoms with E-state index in [2.05, 4.69) is 5.32 Å². The minimum atomic E-state index is -3.93. The first-order valence-corrected chi connectivity index (χ1v) is 12.4. The number of carbonyl (C=O) groups is 1. The topological polar surface area (TPSA) is 84.9 Å². The van der Waals surface area contributed by atoms with Crippen LogP contribution in [0.1, 0.15) is 29.2 Å². The van der Waals surface area contributed by atoms with Crippen molar-refractivity contribution in [1.29, 1.82) is 0 Å². The second-order valence-electron chi connectivity index (χ2n) is 8.20. The smallest absolute Gasteiger partial charge is 0.243 e. The Hall–Kier alpha value is -3.43.